The van der Waals surface area contributed by atoms with Crippen LogP contribution in [-0.2, 0) is 4.79 Å². The van der Waals surface area contributed by atoms with Crippen molar-refractivity contribution in [3.05, 3.63) is 18.6 Å². The fraction of sp³-hybridized carbons (Fsp3) is 0.643. The van der Waals surface area contributed by atoms with Gasteiger partial charge in [-0.25, -0.2) is 9.97 Å². The summed E-state index contributed by atoms with van der Waals surface area (Å²) in [6.45, 7) is 7.55. The number of nitrogens with one attached hydrogen (secondary N) is 1. The summed E-state index contributed by atoms with van der Waals surface area (Å²) >= 11 is 0. The van der Waals surface area contributed by atoms with Gasteiger partial charge in [0.05, 0.1) is 0 Å². The van der Waals surface area contributed by atoms with Crippen LogP contribution in [0.2, 0.25) is 0 Å². The molecule has 1 aromatic rings. The van der Waals surface area contributed by atoms with E-state index >= 15 is 0 Å². The molecule has 2 heterocycles. The third kappa shape index (κ3) is 3.66. The van der Waals surface area contributed by atoms with Crippen LogP contribution in [0.1, 0.15) is 33.6 Å². The highest BCUT2D eigenvalue weighted by Crippen LogP contribution is 2.22. The Labute approximate surface area is 114 Å². The quantitative estimate of drug-likeness (QED) is 0.884. The Morgan fingerprint density at radius 3 is 2.58 bits per heavy atom. The van der Waals surface area contributed by atoms with Gasteiger partial charge >= 0.3 is 0 Å². The van der Waals surface area contributed by atoms with Crippen LogP contribution in [0.3, 0.4) is 0 Å². The fourth-order valence-corrected chi connectivity index (χ4v) is 2.29. The maximum absolute atomic E-state index is 12.2. The Balaban J connectivity index is 1.85. The van der Waals surface area contributed by atoms with Gasteiger partial charge in [-0.3, -0.25) is 4.79 Å². The van der Waals surface area contributed by atoms with E-state index in [1.54, 1.807) is 12.5 Å². The van der Waals surface area contributed by atoms with E-state index in [4.69, 9.17) is 0 Å². The molecule has 19 heavy (non-hydrogen) atoms. The van der Waals surface area contributed by atoms with Crippen LogP contribution in [0.5, 0.6) is 0 Å². The Hall–Kier alpha value is -1.65. The van der Waals surface area contributed by atoms with Crippen LogP contribution in [0, 0.1) is 5.41 Å². The van der Waals surface area contributed by atoms with E-state index in [0.717, 1.165) is 31.7 Å². The Kier molecular flexibility index (Phi) is 4.02. The first-order valence-corrected chi connectivity index (χ1v) is 6.79. The monoisotopic (exact) mass is 262 g/mol. The highest BCUT2D eigenvalue weighted by Gasteiger charge is 2.30. The van der Waals surface area contributed by atoms with Gasteiger partial charge < -0.3 is 10.2 Å². The van der Waals surface area contributed by atoms with Crippen molar-refractivity contribution >= 4 is 11.7 Å². The first-order chi connectivity index (χ1) is 8.97. The number of hydrogen-bond donors (Lipinski definition) is 1. The molecule has 1 aliphatic heterocycles. The fourth-order valence-electron chi connectivity index (χ4n) is 2.29. The smallest absolute Gasteiger partial charge is 0.227 e. The Bertz CT molecular complexity index is 419. The van der Waals surface area contributed by atoms with Crippen LogP contribution in [0.15, 0.2) is 18.6 Å². The summed E-state index contributed by atoms with van der Waals surface area (Å²) in [5.41, 5.74) is -0.285. The van der Waals surface area contributed by atoms with Gasteiger partial charge in [0, 0.05) is 30.7 Å². The summed E-state index contributed by atoms with van der Waals surface area (Å²) in [5, 5.41) is 3.39. The zero-order chi connectivity index (χ0) is 13.9. The molecule has 5 nitrogen and oxygen atoms in total. The van der Waals surface area contributed by atoms with E-state index in [-0.39, 0.29) is 11.3 Å². The number of aromatic nitrogens is 2. The second-order valence-electron chi connectivity index (χ2n) is 6.06. The van der Waals surface area contributed by atoms with E-state index in [1.807, 2.05) is 31.7 Å². The number of carbonyl (C=O) groups is 1. The lowest BCUT2D eigenvalue weighted by molar-refractivity contribution is -0.140. The van der Waals surface area contributed by atoms with E-state index in [9.17, 15) is 4.79 Å². The SMILES string of the molecule is CC(C)(C)C(=O)N1CCC(Nc2ccncn2)CC1. The molecular formula is C14H22N4O. The van der Waals surface area contributed by atoms with Crippen molar-refractivity contribution in [3.8, 4) is 0 Å². The maximum atomic E-state index is 12.2. The predicted octanol–water partition coefficient (Wildman–Crippen LogP) is 1.93. The number of rotatable bonds is 2. The third-order valence-electron chi connectivity index (χ3n) is 3.36. The normalized spacial score (nSPS) is 17.3. The van der Waals surface area contributed by atoms with Gasteiger partial charge in [0.25, 0.3) is 0 Å². The summed E-state index contributed by atoms with van der Waals surface area (Å²) in [5.74, 6) is 1.10. The van der Waals surface area contributed by atoms with Crippen LogP contribution >= 0.6 is 0 Å². The molecule has 0 unspecified atom stereocenters. The highest BCUT2D eigenvalue weighted by atomic mass is 16.2. The van der Waals surface area contributed by atoms with Crippen molar-refractivity contribution in [1.29, 1.82) is 0 Å². The molecule has 1 fully saturated rings. The molecule has 0 radical (unpaired) electrons. The Morgan fingerprint density at radius 2 is 2.05 bits per heavy atom. The van der Waals surface area contributed by atoms with Gasteiger partial charge in [0.2, 0.25) is 5.91 Å². The van der Waals surface area contributed by atoms with Crippen molar-refractivity contribution in [2.24, 2.45) is 5.41 Å². The molecule has 0 atom stereocenters. The molecule has 104 valence electrons. The molecule has 0 aliphatic carbocycles. The predicted molar refractivity (Wildman–Crippen MR) is 74.7 cm³/mol. The number of piperidine rings is 1. The number of likely N-dealkylation sites (tertiary alicyclic amines) is 1. The summed E-state index contributed by atoms with van der Waals surface area (Å²) in [6.07, 6.45) is 5.20. The number of amides is 1. The van der Waals surface area contributed by atoms with E-state index < -0.39 is 0 Å². The van der Waals surface area contributed by atoms with E-state index in [1.165, 1.54) is 0 Å². The zero-order valence-electron chi connectivity index (χ0n) is 11.9. The minimum Gasteiger partial charge on any atom is -0.367 e. The van der Waals surface area contributed by atoms with Crippen molar-refractivity contribution in [2.75, 3.05) is 18.4 Å². The molecule has 1 aliphatic rings. The highest BCUT2D eigenvalue weighted by molar-refractivity contribution is 5.81. The molecule has 0 saturated carbocycles. The topological polar surface area (TPSA) is 58.1 Å². The molecule has 0 aromatic carbocycles. The first kappa shape index (κ1) is 13.8. The van der Waals surface area contributed by atoms with Crippen LogP contribution in [-0.4, -0.2) is 39.9 Å². The summed E-state index contributed by atoms with van der Waals surface area (Å²) in [4.78, 5) is 22.2. The molecule has 1 N–H and O–H groups in total. The molecule has 1 saturated heterocycles. The molecule has 1 amide bonds. The second kappa shape index (κ2) is 5.55. The largest absolute Gasteiger partial charge is 0.367 e. The molecule has 0 spiro atoms. The Morgan fingerprint density at radius 1 is 1.37 bits per heavy atom. The molecule has 5 heteroatoms. The number of nitrogens with zero attached hydrogens (tertiary/aromatic N) is 3. The number of hydrogen-bond acceptors (Lipinski definition) is 4. The summed E-state index contributed by atoms with van der Waals surface area (Å²) < 4.78 is 0. The van der Waals surface area contributed by atoms with Crippen LogP contribution < -0.4 is 5.32 Å². The molecule has 1 aromatic heterocycles. The van der Waals surface area contributed by atoms with Crippen molar-refractivity contribution in [1.82, 2.24) is 14.9 Å². The second-order valence-corrected chi connectivity index (χ2v) is 6.06. The average molecular weight is 262 g/mol. The number of carbonyl (C=O) groups excluding carboxylic acids is 1. The zero-order valence-corrected chi connectivity index (χ0v) is 11.9. The van der Waals surface area contributed by atoms with E-state index in [0.29, 0.717) is 6.04 Å². The minimum absolute atomic E-state index is 0.244. The lowest BCUT2D eigenvalue weighted by atomic mass is 9.93. The summed E-state index contributed by atoms with van der Waals surface area (Å²) in [6, 6.07) is 2.26. The first-order valence-electron chi connectivity index (χ1n) is 6.79. The van der Waals surface area contributed by atoms with Crippen LogP contribution in [0.25, 0.3) is 0 Å². The van der Waals surface area contributed by atoms with Gasteiger partial charge in [0.15, 0.2) is 0 Å². The van der Waals surface area contributed by atoms with Gasteiger partial charge in [-0.05, 0) is 18.9 Å². The maximum Gasteiger partial charge on any atom is 0.227 e. The van der Waals surface area contributed by atoms with Gasteiger partial charge in [0.1, 0.15) is 12.1 Å². The van der Waals surface area contributed by atoms with Crippen molar-refractivity contribution in [2.45, 2.75) is 39.7 Å². The lowest BCUT2D eigenvalue weighted by Crippen LogP contribution is -2.46. The number of anilines is 1. The molecular weight excluding hydrogens is 240 g/mol. The van der Waals surface area contributed by atoms with Crippen molar-refractivity contribution < 1.29 is 4.79 Å². The standard InChI is InChI=1S/C14H22N4O/c1-14(2,3)13(19)18-8-5-11(6-9-18)17-12-4-7-15-10-16-12/h4,7,10-11H,5-6,8-9H2,1-3H3,(H,15,16,17). The third-order valence-corrected chi connectivity index (χ3v) is 3.36. The summed E-state index contributed by atoms with van der Waals surface area (Å²) in [7, 11) is 0. The van der Waals surface area contributed by atoms with E-state index in [2.05, 4.69) is 15.3 Å². The molecule has 0 bridgehead atoms. The van der Waals surface area contributed by atoms with Crippen LogP contribution in [0.4, 0.5) is 5.82 Å². The molecule has 2 rings (SSSR count). The van der Waals surface area contributed by atoms with Gasteiger partial charge in [-0.15, -0.1) is 0 Å². The van der Waals surface area contributed by atoms with Gasteiger partial charge in [-0.1, -0.05) is 20.8 Å². The van der Waals surface area contributed by atoms with Crippen molar-refractivity contribution in [3.63, 3.8) is 0 Å². The van der Waals surface area contributed by atoms with Gasteiger partial charge in [-0.2, -0.15) is 0 Å². The lowest BCUT2D eigenvalue weighted by Gasteiger charge is -2.36. The minimum atomic E-state index is -0.285. The average Bonchev–Trinajstić information content (AvgIpc) is 2.39.